The summed E-state index contributed by atoms with van der Waals surface area (Å²) in [7, 11) is 0. The van der Waals surface area contributed by atoms with Crippen LogP contribution in [0.5, 0.6) is 0 Å². The molecular weight excluding hydrogens is 237 g/mol. The van der Waals surface area contributed by atoms with Crippen molar-refractivity contribution in [3.05, 3.63) is 53.0 Å². The van der Waals surface area contributed by atoms with E-state index in [0.717, 1.165) is 19.4 Å². The molecule has 0 amide bonds. The SMILES string of the molecule is CCN(C1=CC=C(F)CCC1)c1cc(C)cc(C)c1. The lowest BCUT2D eigenvalue weighted by molar-refractivity contribution is 0.576. The molecule has 0 fully saturated rings. The molecule has 0 aliphatic heterocycles. The highest BCUT2D eigenvalue weighted by atomic mass is 19.1. The van der Waals surface area contributed by atoms with Crippen LogP contribution in [0.4, 0.5) is 10.1 Å². The van der Waals surface area contributed by atoms with Gasteiger partial charge in [0, 0.05) is 17.9 Å². The molecule has 2 heteroatoms. The minimum absolute atomic E-state index is 0.00789. The van der Waals surface area contributed by atoms with Crippen LogP contribution in [0.25, 0.3) is 0 Å². The van der Waals surface area contributed by atoms with Crippen molar-refractivity contribution in [3.8, 4) is 0 Å². The zero-order valence-corrected chi connectivity index (χ0v) is 12.0. The van der Waals surface area contributed by atoms with Crippen molar-refractivity contribution in [3.63, 3.8) is 0 Å². The Morgan fingerprint density at radius 3 is 2.37 bits per heavy atom. The summed E-state index contributed by atoms with van der Waals surface area (Å²) in [6.07, 6.45) is 5.93. The second-order valence-electron chi connectivity index (χ2n) is 5.22. The van der Waals surface area contributed by atoms with Crippen LogP contribution >= 0.6 is 0 Å². The second-order valence-corrected chi connectivity index (χ2v) is 5.22. The maximum atomic E-state index is 13.3. The van der Waals surface area contributed by atoms with Gasteiger partial charge in [0.2, 0.25) is 0 Å². The molecule has 0 bridgehead atoms. The summed E-state index contributed by atoms with van der Waals surface area (Å²) in [6.45, 7) is 7.28. The highest BCUT2D eigenvalue weighted by molar-refractivity contribution is 5.56. The van der Waals surface area contributed by atoms with E-state index in [1.165, 1.54) is 22.5 Å². The molecule has 0 saturated carbocycles. The number of aryl methyl sites for hydroxylation is 2. The number of hydrogen-bond donors (Lipinski definition) is 0. The fraction of sp³-hybridized carbons (Fsp3) is 0.412. The molecule has 1 aromatic carbocycles. The summed E-state index contributed by atoms with van der Waals surface area (Å²) in [4.78, 5) is 2.29. The predicted molar refractivity (Wildman–Crippen MR) is 80.1 cm³/mol. The van der Waals surface area contributed by atoms with E-state index in [9.17, 15) is 4.39 Å². The third kappa shape index (κ3) is 3.46. The van der Waals surface area contributed by atoms with Crippen LogP contribution in [0.15, 0.2) is 41.9 Å². The Hall–Kier alpha value is -1.57. The lowest BCUT2D eigenvalue weighted by atomic mass is 10.1. The van der Waals surface area contributed by atoms with Gasteiger partial charge in [0.05, 0.1) is 5.83 Å². The zero-order chi connectivity index (χ0) is 13.8. The molecule has 1 aliphatic rings. The minimum Gasteiger partial charge on any atom is -0.345 e. The standard InChI is InChI=1S/C17H22FN/c1-4-19(16-7-5-6-15(18)8-9-16)17-11-13(2)10-14(3)12-17/h8-12H,4-7H2,1-3H3. The van der Waals surface area contributed by atoms with Crippen molar-refractivity contribution in [2.45, 2.75) is 40.0 Å². The number of rotatable bonds is 3. The summed E-state index contributed by atoms with van der Waals surface area (Å²) in [6, 6.07) is 6.57. The molecule has 0 atom stereocenters. The van der Waals surface area contributed by atoms with Gasteiger partial charge in [0.1, 0.15) is 0 Å². The molecule has 0 radical (unpaired) electrons. The molecule has 1 aliphatic carbocycles. The molecule has 0 spiro atoms. The molecular formula is C17H22FN. The van der Waals surface area contributed by atoms with Crippen LogP contribution in [0.3, 0.4) is 0 Å². The van der Waals surface area contributed by atoms with E-state index in [2.05, 4.69) is 43.9 Å². The van der Waals surface area contributed by atoms with Crippen LogP contribution in [-0.4, -0.2) is 6.54 Å². The van der Waals surface area contributed by atoms with E-state index in [-0.39, 0.29) is 5.83 Å². The Labute approximate surface area is 115 Å². The number of benzene rings is 1. The molecule has 1 nitrogen and oxygen atoms in total. The fourth-order valence-corrected chi connectivity index (χ4v) is 2.67. The van der Waals surface area contributed by atoms with Crippen molar-refractivity contribution < 1.29 is 4.39 Å². The Morgan fingerprint density at radius 2 is 1.74 bits per heavy atom. The van der Waals surface area contributed by atoms with Gasteiger partial charge >= 0.3 is 0 Å². The first-order valence-electron chi connectivity index (χ1n) is 7.01. The first kappa shape index (κ1) is 13.9. The van der Waals surface area contributed by atoms with Crippen molar-refractivity contribution in [2.75, 3.05) is 11.4 Å². The maximum absolute atomic E-state index is 13.3. The van der Waals surface area contributed by atoms with E-state index < -0.39 is 0 Å². The van der Waals surface area contributed by atoms with Crippen LogP contribution in [0.1, 0.15) is 37.3 Å². The van der Waals surface area contributed by atoms with Gasteiger partial charge in [-0.1, -0.05) is 6.07 Å². The minimum atomic E-state index is -0.00789. The van der Waals surface area contributed by atoms with E-state index in [4.69, 9.17) is 0 Å². The molecule has 19 heavy (non-hydrogen) atoms. The van der Waals surface area contributed by atoms with Crippen LogP contribution in [-0.2, 0) is 0 Å². The summed E-state index contributed by atoms with van der Waals surface area (Å²) < 4.78 is 13.3. The van der Waals surface area contributed by atoms with Crippen LogP contribution < -0.4 is 4.90 Å². The van der Waals surface area contributed by atoms with Gasteiger partial charge in [0.15, 0.2) is 0 Å². The quantitative estimate of drug-likeness (QED) is 0.734. The van der Waals surface area contributed by atoms with Gasteiger partial charge in [0.25, 0.3) is 0 Å². The van der Waals surface area contributed by atoms with Crippen LogP contribution in [0.2, 0.25) is 0 Å². The smallest absolute Gasteiger partial charge is 0.1000 e. The van der Waals surface area contributed by atoms with Crippen molar-refractivity contribution in [1.29, 1.82) is 0 Å². The van der Waals surface area contributed by atoms with Gasteiger partial charge in [-0.15, -0.1) is 0 Å². The van der Waals surface area contributed by atoms with E-state index in [1.807, 2.05) is 6.08 Å². The molecule has 0 heterocycles. The fourth-order valence-electron chi connectivity index (χ4n) is 2.67. The molecule has 0 N–H and O–H groups in total. The maximum Gasteiger partial charge on any atom is 0.1000 e. The first-order valence-corrected chi connectivity index (χ1v) is 7.01. The number of halogens is 1. The van der Waals surface area contributed by atoms with Gasteiger partial charge < -0.3 is 4.90 Å². The monoisotopic (exact) mass is 259 g/mol. The number of hydrogen-bond acceptors (Lipinski definition) is 1. The molecule has 0 aromatic heterocycles. The van der Waals surface area contributed by atoms with Gasteiger partial charge in [-0.2, -0.15) is 0 Å². The van der Waals surface area contributed by atoms with E-state index in [0.29, 0.717) is 6.42 Å². The van der Waals surface area contributed by atoms with E-state index in [1.54, 1.807) is 6.08 Å². The molecule has 0 saturated heterocycles. The summed E-state index contributed by atoms with van der Waals surface area (Å²) in [5.74, 6) is -0.00789. The zero-order valence-electron chi connectivity index (χ0n) is 12.0. The highest BCUT2D eigenvalue weighted by Crippen LogP contribution is 2.27. The van der Waals surface area contributed by atoms with Crippen molar-refractivity contribution >= 4 is 5.69 Å². The number of nitrogens with zero attached hydrogens (tertiary/aromatic N) is 1. The third-order valence-electron chi connectivity index (χ3n) is 3.49. The Balaban J connectivity index is 2.33. The topological polar surface area (TPSA) is 3.24 Å². The van der Waals surface area contributed by atoms with Crippen LogP contribution in [0, 0.1) is 13.8 Å². The largest absolute Gasteiger partial charge is 0.345 e. The van der Waals surface area contributed by atoms with Crippen molar-refractivity contribution in [1.82, 2.24) is 0 Å². The predicted octanol–water partition coefficient (Wildman–Crippen LogP) is 5.05. The van der Waals surface area contributed by atoms with Gasteiger partial charge in [-0.05, 0) is 75.4 Å². The Bertz CT molecular complexity index is 494. The number of allylic oxidation sites excluding steroid dienone is 4. The van der Waals surface area contributed by atoms with Crippen molar-refractivity contribution in [2.24, 2.45) is 0 Å². The summed E-state index contributed by atoms with van der Waals surface area (Å²) >= 11 is 0. The Kier molecular flexibility index (Phi) is 4.41. The van der Waals surface area contributed by atoms with Gasteiger partial charge in [-0.25, -0.2) is 4.39 Å². The highest BCUT2D eigenvalue weighted by Gasteiger charge is 2.13. The third-order valence-corrected chi connectivity index (χ3v) is 3.49. The van der Waals surface area contributed by atoms with E-state index >= 15 is 0 Å². The lowest BCUT2D eigenvalue weighted by Gasteiger charge is -2.26. The normalized spacial score (nSPS) is 15.6. The van der Waals surface area contributed by atoms with Gasteiger partial charge in [-0.3, -0.25) is 0 Å². The average molecular weight is 259 g/mol. The average Bonchev–Trinajstić information content (AvgIpc) is 2.54. The molecule has 0 unspecified atom stereocenters. The molecule has 102 valence electrons. The number of anilines is 1. The first-order chi connectivity index (χ1) is 9.10. The molecule has 2 rings (SSSR count). The summed E-state index contributed by atoms with van der Waals surface area (Å²) in [5.41, 5.74) is 4.95. The Morgan fingerprint density at radius 1 is 1.05 bits per heavy atom. The molecule has 1 aromatic rings. The lowest BCUT2D eigenvalue weighted by Crippen LogP contribution is -2.22. The summed E-state index contributed by atoms with van der Waals surface area (Å²) in [5, 5.41) is 0. The second kappa shape index (κ2) is 6.05.